The van der Waals surface area contributed by atoms with Gasteiger partial charge in [0.25, 0.3) is 5.91 Å². The van der Waals surface area contributed by atoms with Crippen LogP contribution in [0.5, 0.6) is 0 Å². The predicted octanol–water partition coefficient (Wildman–Crippen LogP) is 1.49. The molecule has 2 N–H and O–H groups in total. The maximum Gasteiger partial charge on any atom is 0.251 e. The number of hydrogen-bond acceptors (Lipinski definition) is 3. The van der Waals surface area contributed by atoms with E-state index in [2.05, 4.69) is 22.1 Å². The highest BCUT2D eigenvalue weighted by Crippen LogP contribution is 2.05. The molecule has 1 aromatic carbocycles. The van der Waals surface area contributed by atoms with Gasteiger partial charge in [0.1, 0.15) is 0 Å². The normalized spacial score (nSPS) is 11.7. The molecule has 0 aliphatic heterocycles. The van der Waals surface area contributed by atoms with Crippen molar-refractivity contribution in [1.82, 2.24) is 10.2 Å². The second-order valence-corrected chi connectivity index (χ2v) is 5.32. The standard InChI is InChI=1S/C17H24N2O2/c1-14(10-11-19(2)3)18-17(21)16-9-6-8-15(13-16)7-4-5-12-20/h6,8-9,13-14,20H,5,10-12H2,1-3H3,(H,18,21). The monoisotopic (exact) mass is 288 g/mol. The number of hydrogen-bond donors (Lipinski definition) is 2. The van der Waals surface area contributed by atoms with Crippen LogP contribution in [0.15, 0.2) is 24.3 Å². The highest BCUT2D eigenvalue weighted by molar-refractivity contribution is 5.94. The molecule has 0 heterocycles. The Morgan fingerprint density at radius 3 is 2.86 bits per heavy atom. The van der Waals surface area contributed by atoms with Crippen molar-refractivity contribution in [3.05, 3.63) is 35.4 Å². The molecule has 1 aromatic rings. The van der Waals surface area contributed by atoms with Gasteiger partial charge in [-0.25, -0.2) is 0 Å². The first-order valence-electron chi connectivity index (χ1n) is 7.18. The summed E-state index contributed by atoms with van der Waals surface area (Å²) in [5, 5.41) is 11.7. The Balaban J connectivity index is 2.62. The molecule has 0 spiro atoms. The van der Waals surface area contributed by atoms with Gasteiger partial charge in [0.05, 0.1) is 6.61 Å². The summed E-state index contributed by atoms with van der Waals surface area (Å²) in [7, 11) is 4.03. The average Bonchev–Trinajstić information content (AvgIpc) is 2.46. The highest BCUT2D eigenvalue weighted by Gasteiger charge is 2.10. The predicted molar refractivity (Wildman–Crippen MR) is 85.1 cm³/mol. The zero-order valence-electron chi connectivity index (χ0n) is 13.0. The SMILES string of the molecule is CC(CCN(C)C)NC(=O)c1cccc(C#CCCO)c1. The molecule has 0 radical (unpaired) electrons. The van der Waals surface area contributed by atoms with Gasteiger partial charge in [-0.3, -0.25) is 4.79 Å². The second kappa shape index (κ2) is 9.17. The van der Waals surface area contributed by atoms with Gasteiger partial charge in [-0.1, -0.05) is 17.9 Å². The number of nitrogens with zero attached hydrogens (tertiary/aromatic N) is 1. The first kappa shape index (κ1) is 17.2. The second-order valence-electron chi connectivity index (χ2n) is 5.32. The number of carbonyl (C=O) groups excluding carboxylic acids is 1. The summed E-state index contributed by atoms with van der Waals surface area (Å²) in [6.07, 6.45) is 1.35. The molecule has 1 unspecified atom stereocenters. The summed E-state index contributed by atoms with van der Waals surface area (Å²) in [6.45, 7) is 3.00. The fraction of sp³-hybridized carbons (Fsp3) is 0.471. The topological polar surface area (TPSA) is 52.6 Å². The Labute approximate surface area is 127 Å². The lowest BCUT2D eigenvalue weighted by atomic mass is 10.1. The third-order valence-electron chi connectivity index (χ3n) is 2.98. The van der Waals surface area contributed by atoms with E-state index in [1.54, 1.807) is 12.1 Å². The summed E-state index contributed by atoms with van der Waals surface area (Å²) < 4.78 is 0. The molecule has 0 aliphatic rings. The Bertz CT molecular complexity index is 515. The Morgan fingerprint density at radius 2 is 2.19 bits per heavy atom. The van der Waals surface area contributed by atoms with Gasteiger partial charge in [0, 0.05) is 23.6 Å². The smallest absolute Gasteiger partial charge is 0.251 e. The molecule has 4 heteroatoms. The van der Waals surface area contributed by atoms with Crippen LogP contribution in [0.2, 0.25) is 0 Å². The van der Waals surface area contributed by atoms with Crippen LogP contribution in [-0.4, -0.2) is 49.2 Å². The first-order chi connectivity index (χ1) is 10.0. The van der Waals surface area contributed by atoms with E-state index in [4.69, 9.17) is 5.11 Å². The quantitative estimate of drug-likeness (QED) is 0.780. The van der Waals surface area contributed by atoms with Crippen molar-refractivity contribution in [3.63, 3.8) is 0 Å². The number of aliphatic hydroxyl groups excluding tert-OH is 1. The Hall–Kier alpha value is -1.83. The summed E-state index contributed by atoms with van der Waals surface area (Å²) in [5.41, 5.74) is 1.40. The van der Waals surface area contributed by atoms with Crippen molar-refractivity contribution in [1.29, 1.82) is 0 Å². The number of aliphatic hydroxyl groups is 1. The third kappa shape index (κ3) is 6.94. The molecule has 0 saturated heterocycles. The summed E-state index contributed by atoms with van der Waals surface area (Å²) >= 11 is 0. The van der Waals surface area contributed by atoms with E-state index in [0.29, 0.717) is 12.0 Å². The number of nitrogens with one attached hydrogen (secondary N) is 1. The molecule has 1 amide bonds. The van der Waals surface area contributed by atoms with E-state index in [-0.39, 0.29) is 18.6 Å². The summed E-state index contributed by atoms with van der Waals surface area (Å²) in [6, 6.07) is 7.37. The van der Waals surface area contributed by atoms with Crippen LogP contribution in [-0.2, 0) is 0 Å². The number of carbonyl (C=O) groups is 1. The van der Waals surface area contributed by atoms with Gasteiger partial charge in [-0.05, 0) is 52.2 Å². The average molecular weight is 288 g/mol. The van der Waals surface area contributed by atoms with Crippen LogP contribution in [0, 0.1) is 11.8 Å². The van der Waals surface area contributed by atoms with Crippen LogP contribution >= 0.6 is 0 Å². The van der Waals surface area contributed by atoms with Crippen LogP contribution in [0.3, 0.4) is 0 Å². The van der Waals surface area contributed by atoms with E-state index in [1.807, 2.05) is 33.2 Å². The number of rotatable bonds is 6. The maximum atomic E-state index is 12.2. The molecule has 4 nitrogen and oxygen atoms in total. The van der Waals surface area contributed by atoms with E-state index in [0.717, 1.165) is 18.5 Å². The van der Waals surface area contributed by atoms with Crippen molar-refractivity contribution in [2.75, 3.05) is 27.2 Å². The number of benzene rings is 1. The van der Waals surface area contributed by atoms with Gasteiger partial charge in [0.2, 0.25) is 0 Å². The molecule has 1 rings (SSSR count). The molecular formula is C17H24N2O2. The van der Waals surface area contributed by atoms with E-state index >= 15 is 0 Å². The molecule has 0 aliphatic carbocycles. The van der Waals surface area contributed by atoms with Crippen molar-refractivity contribution < 1.29 is 9.90 Å². The number of amides is 1. The van der Waals surface area contributed by atoms with Crippen LogP contribution in [0.25, 0.3) is 0 Å². The minimum Gasteiger partial charge on any atom is -0.395 e. The molecule has 114 valence electrons. The van der Waals surface area contributed by atoms with Crippen molar-refractivity contribution in [3.8, 4) is 11.8 Å². The lowest BCUT2D eigenvalue weighted by molar-refractivity contribution is 0.0936. The Morgan fingerprint density at radius 1 is 1.43 bits per heavy atom. The van der Waals surface area contributed by atoms with Gasteiger partial charge in [-0.2, -0.15) is 0 Å². The minimum atomic E-state index is -0.0768. The van der Waals surface area contributed by atoms with Gasteiger partial charge in [-0.15, -0.1) is 0 Å². The van der Waals surface area contributed by atoms with Gasteiger partial charge < -0.3 is 15.3 Å². The molecule has 0 fully saturated rings. The largest absolute Gasteiger partial charge is 0.395 e. The van der Waals surface area contributed by atoms with Crippen LogP contribution in [0.4, 0.5) is 0 Å². The lowest BCUT2D eigenvalue weighted by Crippen LogP contribution is -2.34. The molecule has 0 aromatic heterocycles. The van der Waals surface area contributed by atoms with Crippen molar-refractivity contribution in [2.24, 2.45) is 0 Å². The highest BCUT2D eigenvalue weighted by atomic mass is 16.2. The van der Waals surface area contributed by atoms with Gasteiger partial charge >= 0.3 is 0 Å². The van der Waals surface area contributed by atoms with E-state index in [9.17, 15) is 4.79 Å². The minimum absolute atomic E-state index is 0.0521. The fourth-order valence-electron chi connectivity index (χ4n) is 1.79. The van der Waals surface area contributed by atoms with Crippen LogP contribution in [0.1, 0.15) is 35.7 Å². The van der Waals surface area contributed by atoms with Crippen molar-refractivity contribution >= 4 is 5.91 Å². The van der Waals surface area contributed by atoms with Crippen LogP contribution < -0.4 is 5.32 Å². The van der Waals surface area contributed by atoms with Gasteiger partial charge in [0.15, 0.2) is 0 Å². The molecule has 21 heavy (non-hydrogen) atoms. The summed E-state index contributed by atoms with van der Waals surface area (Å²) in [4.78, 5) is 14.3. The van der Waals surface area contributed by atoms with Crippen molar-refractivity contribution in [2.45, 2.75) is 25.8 Å². The zero-order valence-corrected chi connectivity index (χ0v) is 13.0. The molecule has 0 bridgehead atoms. The Kier molecular flexibility index (Phi) is 7.52. The lowest BCUT2D eigenvalue weighted by Gasteiger charge is -2.16. The van der Waals surface area contributed by atoms with E-state index < -0.39 is 0 Å². The third-order valence-corrected chi connectivity index (χ3v) is 2.98. The summed E-state index contributed by atoms with van der Waals surface area (Å²) in [5.74, 6) is 5.71. The maximum absolute atomic E-state index is 12.2. The molecule has 1 atom stereocenters. The molecular weight excluding hydrogens is 264 g/mol. The van der Waals surface area contributed by atoms with E-state index in [1.165, 1.54) is 0 Å². The first-order valence-corrected chi connectivity index (χ1v) is 7.18. The molecule has 0 saturated carbocycles. The fourth-order valence-corrected chi connectivity index (χ4v) is 1.79. The zero-order chi connectivity index (χ0) is 15.7.